The zero-order chi connectivity index (χ0) is 14.8. The first kappa shape index (κ1) is 13.9. The lowest BCUT2D eigenvalue weighted by Crippen LogP contribution is -2.11. The number of amides is 1. The molecule has 2 aromatic carbocycles. The van der Waals surface area contributed by atoms with Crippen molar-refractivity contribution in [2.24, 2.45) is 0 Å². The monoisotopic (exact) mass is 393 g/mol. The summed E-state index contributed by atoms with van der Waals surface area (Å²) < 4.78 is 11.8. The Balaban J connectivity index is 1.93. The Labute approximate surface area is 135 Å². The van der Waals surface area contributed by atoms with Gasteiger partial charge in [-0.15, -0.1) is 0 Å². The van der Waals surface area contributed by atoms with Crippen LogP contribution >= 0.6 is 22.6 Å². The summed E-state index contributed by atoms with van der Waals surface area (Å²) in [5.74, 6) is 0.590. The minimum absolute atomic E-state index is 0.258. The number of rotatable bonds is 3. The van der Waals surface area contributed by atoms with Crippen molar-refractivity contribution in [1.29, 1.82) is 0 Å². The summed E-state index contributed by atoms with van der Waals surface area (Å²) in [5, 5.41) is 3.68. The van der Waals surface area contributed by atoms with Gasteiger partial charge in [0.1, 0.15) is 0 Å². The smallest absolute Gasteiger partial charge is 0.291 e. The van der Waals surface area contributed by atoms with Crippen LogP contribution in [0.2, 0.25) is 0 Å². The lowest BCUT2D eigenvalue weighted by Gasteiger charge is -2.04. The molecule has 21 heavy (non-hydrogen) atoms. The summed E-state index contributed by atoms with van der Waals surface area (Å²) in [6, 6.07) is 14.8. The summed E-state index contributed by atoms with van der Waals surface area (Å²) in [7, 11) is 1.57. The van der Waals surface area contributed by atoms with Gasteiger partial charge in [0.15, 0.2) is 17.1 Å². The van der Waals surface area contributed by atoms with Gasteiger partial charge in [0.2, 0.25) is 0 Å². The lowest BCUT2D eigenvalue weighted by molar-refractivity contribution is 0.0998. The van der Waals surface area contributed by atoms with Crippen LogP contribution in [0.4, 0.5) is 5.69 Å². The van der Waals surface area contributed by atoms with Crippen molar-refractivity contribution in [3.63, 3.8) is 0 Å². The van der Waals surface area contributed by atoms with E-state index in [2.05, 4.69) is 27.9 Å². The van der Waals surface area contributed by atoms with Crippen LogP contribution in [0.25, 0.3) is 11.0 Å². The van der Waals surface area contributed by atoms with Crippen LogP contribution in [0.3, 0.4) is 0 Å². The maximum absolute atomic E-state index is 12.3. The van der Waals surface area contributed by atoms with Crippen molar-refractivity contribution in [2.75, 3.05) is 12.4 Å². The SMILES string of the molecule is COc1cccc2cc(C(=O)Nc3ccccc3I)oc12. The molecule has 0 atom stereocenters. The second-order valence-electron chi connectivity index (χ2n) is 4.42. The molecule has 0 aliphatic carbocycles. The van der Waals surface area contributed by atoms with E-state index in [-0.39, 0.29) is 11.7 Å². The van der Waals surface area contributed by atoms with Crippen molar-refractivity contribution in [3.05, 3.63) is 57.9 Å². The fraction of sp³-hybridized carbons (Fsp3) is 0.0625. The molecule has 3 rings (SSSR count). The Morgan fingerprint density at radius 1 is 1.19 bits per heavy atom. The molecule has 0 unspecified atom stereocenters. The van der Waals surface area contributed by atoms with E-state index in [0.29, 0.717) is 11.3 Å². The predicted octanol–water partition coefficient (Wildman–Crippen LogP) is 4.30. The number of benzene rings is 2. The van der Waals surface area contributed by atoms with Gasteiger partial charge in [0, 0.05) is 8.96 Å². The van der Waals surface area contributed by atoms with Crippen molar-refractivity contribution < 1.29 is 13.9 Å². The third kappa shape index (κ3) is 2.73. The van der Waals surface area contributed by atoms with Gasteiger partial charge in [-0.25, -0.2) is 0 Å². The normalized spacial score (nSPS) is 10.6. The Hall–Kier alpha value is -2.02. The summed E-state index contributed by atoms with van der Waals surface area (Å²) in [4.78, 5) is 12.3. The topological polar surface area (TPSA) is 51.5 Å². The number of furan rings is 1. The van der Waals surface area contributed by atoms with E-state index < -0.39 is 0 Å². The largest absolute Gasteiger partial charge is 0.493 e. The van der Waals surface area contributed by atoms with Gasteiger partial charge in [0.25, 0.3) is 5.91 Å². The van der Waals surface area contributed by atoms with Crippen LogP contribution in [0.1, 0.15) is 10.6 Å². The van der Waals surface area contributed by atoms with E-state index in [1.807, 2.05) is 36.4 Å². The first-order valence-corrected chi connectivity index (χ1v) is 7.39. The number of ether oxygens (including phenoxy) is 1. The lowest BCUT2D eigenvalue weighted by atomic mass is 10.2. The minimum Gasteiger partial charge on any atom is -0.493 e. The summed E-state index contributed by atoms with van der Waals surface area (Å²) >= 11 is 2.17. The molecule has 1 N–H and O–H groups in total. The average molecular weight is 393 g/mol. The first-order chi connectivity index (χ1) is 10.2. The first-order valence-electron chi connectivity index (χ1n) is 6.31. The molecule has 0 saturated carbocycles. The molecule has 0 radical (unpaired) electrons. The number of nitrogens with one attached hydrogen (secondary N) is 1. The molecular weight excluding hydrogens is 381 g/mol. The van der Waals surface area contributed by atoms with Crippen LogP contribution in [0, 0.1) is 3.57 Å². The zero-order valence-electron chi connectivity index (χ0n) is 11.2. The van der Waals surface area contributed by atoms with Gasteiger partial charge < -0.3 is 14.5 Å². The van der Waals surface area contributed by atoms with Crippen LogP contribution in [-0.2, 0) is 0 Å². The molecule has 0 bridgehead atoms. The number of carbonyl (C=O) groups excluding carboxylic acids is 1. The summed E-state index contributed by atoms with van der Waals surface area (Å²) in [6.07, 6.45) is 0. The summed E-state index contributed by atoms with van der Waals surface area (Å²) in [5.41, 5.74) is 1.34. The highest BCUT2D eigenvalue weighted by atomic mass is 127. The van der Waals surface area contributed by atoms with E-state index in [9.17, 15) is 4.79 Å². The molecule has 0 fully saturated rings. The number of halogens is 1. The average Bonchev–Trinajstić information content (AvgIpc) is 2.93. The Morgan fingerprint density at radius 2 is 2.00 bits per heavy atom. The molecule has 0 spiro atoms. The molecule has 5 heteroatoms. The van der Waals surface area contributed by atoms with E-state index in [0.717, 1.165) is 14.6 Å². The number of methoxy groups -OCH3 is 1. The Morgan fingerprint density at radius 3 is 2.76 bits per heavy atom. The maximum atomic E-state index is 12.3. The van der Waals surface area contributed by atoms with Gasteiger partial charge in [-0.1, -0.05) is 24.3 Å². The highest BCUT2D eigenvalue weighted by Crippen LogP contribution is 2.29. The van der Waals surface area contributed by atoms with Gasteiger partial charge in [-0.2, -0.15) is 0 Å². The third-order valence-corrected chi connectivity index (χ3v) is 4.01. The molecule has 3 aromatic rings. The number of hydrogen-bond acceptors (Lipinski definition) is 3. The third-order valence-electron chi connectivity index (χ3n) is 3.07. The fourth-order valence-corrected chi connectivity index (χ4v) is 2.58. The van der Waals surface area contributed by atoms with Crippen molar-refractivity contribution in [2.45, 2.75) is 0 Å². The highest BCUT2D eigenvalue weighted by Gasteiger charge is 2.15. The van der Waals surface area contributed by atoms with Gasteiger partial charge in [-0.05, 0) is 46.9 Å². The number of hydrogen-bond donors (Lipinski definition) is 1. The quantitative estimate of drug-likeness (QED) is 0.676. The maximum Gasteiger partial charge on any atom is 0.291 e. The second-order valence-corrected chi connectivity index (χ2v) is 5.59. The molecule has 1 amide bonds. The number of anilines is 1. The van der Waals surface area contributed by atoms with Crippen molar-refractivity contribution >= 4 is 45.2 Å². The van der Waals surface area contributed by atoms with Gasteiger partial charge in [-0.3, -0.25) is 4.79 Å². The molecule has 106 valence electrons. The zero-order valence-corrected chi connectivity index (χ0v) is 13.4. The second kappa shape index (κ2) is 5.77. The van der Waals surface area contributed by atoms with E-state index >= 15 is 0 Å². The predicted molar refractivity (Wildman–Crippen MR) is 89.9 cm³/mol. The molecule has 0 aliphatic heterocycles. The Bertz CT molecular complexity index is 810. The molecule has 1 heterocycles. The van der Waals surface area contributed by atoms with Crippen LogP contribution in [0.5, 0.6) is 5.75 Å². The van der Waals surface area contributed by atoms with Crippen LogP contribution < -0.4 is 10.1 Å². The highest BCUT2D eigenvalue weighted by molar-refractivity contribution is 14.1. The number of carbonyl (C=O) groups is 1. The Kier molecular flexibility index (Phi) is 3.83. The van der Waals surface area contributed by atoms with Gasteiger partial charge in [0.05, 0.1) is 12.8 Å². The van der Waals surface area contributed by atoms with Crippen LogP contribution in [0.15, 0.2) is 52.9 Å². The molecule has 1 aromatic heterocycles. The van der Waals surface area contributed by atoms with Crippen LogP contribution in [-0.4, -0.2) is 13.0 Å². The van der Waals surface area contributed by atoms with Gasteiger partial charge >= 0.3 is 0 Å². The fourth-order valence-electron chi connectivity index (χ4n) is 2.06. The summed E-state index contributed by atoms with van der Waals surface area (Å²) in [6.45, 7) is 0. The molecule has 4 nitrogen and oxygen atoms in total. The standard InChI is InChI=1S/C16H12INO3/c1-20-13-8-4-5-10-9-14(21-15(10)13)16(19)18-12-7-3-2-6-11(12)17/h2-9H,1H3,(H,18,19). The van der Waals surface area contributed by atoms with Crippen molar-refractivity contribution in [3.8, 4) is 5.75 Å². The molecule has 0 aliphatic rings. The van der Waals surface area contributed by atoms with Crippen molar-refractivity contribution in [1.82, 2.24) is 0 Å². The minimum atomic E-state index is -0.280. The number of para-hydroxylation sites is 2. The molecular formula is C16H12INO3. The van der Waals surface area contributed by atoms with E-state index in [4.69, 9.17) is 9.15 Å². The molecule has 0 saturated heterocycles. The number of fused-ring (bicyclic) bond motifs is 1. The van der Waals surface area contributed by atoms with E-state index in [1.165, 1.54) is 0 Å². The van der Waals surface area contributed by atoms with E-state index in [1.54, 1.807) is 19.2 Å².